The molecule has 0 saturated heterocycles. The molecule has 3 aromatic carbocycles. The Labute approximate surface area is 176 Å². The predicted molar refractivity (Wildman–Crippen MR) is 114 cm³/mol. The van der Waals surface area contributed by atoms with E-state index in [1.807, 2.05) is 61.5 Å². The van der Waals surface area contributed by atoms with Crippen LogP contribution < -0.4 is 9.47 Å². The first-order valence-electron chi connectivity index (χ1n) is 8.71. The zero-order chi connectivity index (χ0) is 19.7. The van der Waals surface area contributed by atoms with E-state index in [4.69, 9.17) is 21.1 Å². The van der Waals surface area contributed by atoms with Crippen molar-refractivity contribution >= 4 is 39.4 Å². The number of ketones is 1. The third-order valence-electron chi connectivity index (χ3n) is 4.41. The minimum atomic E-state index is -0.114. The highest BCUT2D eigenvalue weighted by Crippen LogP contribution is 2.37. The fourth-order valence-electron chi connectivity index (χ4n) is 3.06. The summed E-state index contributed by atoms with van der Waals surface area (Å²) in [7, 11) is 0. The molecule has 0 aliphatic carbocycles. The van der Waals surface area contributed by atoms with E-state index in [2.05, 4.69) is 15.9 Å². The highest BCUT2D eigenvalue weighted by Gasteiger charge is 2.30. The zero-order valence-electron chi connectivity index (χ0n) is 15.0. The highest BCUT2D eigenvalue weighted by molar-refractivity contribution is 9.10. The molecule has 0 saturated carbocycles. The Hall–Kier alpha value is -2.56. The molecule has 1 aliphatic heterocycles. The number of halogens is 2. The second-order valence-electron chi connectivity index (χ2n) is 6.52. The molecule has 0 fully saturated rings. The van der Waals surface area contributed by atoms with Crippen molar-refractivity contribution in [1.82, 2.24) is 0 Å². The lowest BCUT2D eigenvalue weighted by molar-refractivity contribution is 0.101. The molecule has 0 spiro atoms. The summed E-state index contributed by atoms with van der Waals surface area (Å²) in [6.45, 7) is 2.27. The molecule has 28 heavy (non-hydrogen) atoms. The first kappa shape index (κ1) is 18.8. The topological polar surface area (TPSA) is 35.5 Å². The van der Waals surface area contributed by atoms with Crippen LogP contribution in [0.15, 0.2) is 70.9 Å². The molecule has 0 bridgehead atoms. The Balaban J connectivity index is 1.56. The van der Waals surface area contributed by atoms with E-state index < -0.39 is 0 Å². The summed E-state index contributed by atoms with van der Waals surface area (Å²) in [5.41, 5.74) is 3.27. The van der Waals surface area contributed by atoms with Crippen LogP contribution in [0.4, 0.5) is 0 Å². The van der Waals surface area contributed by atoms with Crippen molar-refractivity contribution in [1.29, 1.82) is 0 Å². The van der Waals surface area contributed by atoms with E-state index in [0.717, 1.165) is 21.2 Å². The van der Waals surface area contributed by atoms with Crippen molar-refractivity contribution in [3.8, 4) is 11.5 Å². The lowest BCUT2D eigenvalue weighted by Gasteiger charge is -2.09. The number of hydrogen-bond acceptors (Lipinski definition) is 3. The van der Waals surface area contributed by atoms with Gasteiger partial charge < -0.3 is 9.47 Å². The molecule has 1 heterocycles. The van der Waals surface area contributed by atoms with Gasteiger partial charge in [0.2, 0.25) is 5.78 Å². The van der Waals surface area contributed by atoms with Crippen LogP contribution >= 0.6 is 27.5 Å². The van der Waals surface area contributed by atoms with Gasteiger partial charge in [0, 0.05) is 15.6 Å². The molecule has 3 aromatic rings. The SMILES string of the molecule is Cc1cc(OCc2cccc(Cl)c2)cc2c1C(=O)/C(=C/c1ccc(Br)cc1)O2. The van der Waals surface area contributed by atoms with Gasteiger partial charge in [-0.25, -0.2) is 0 Å². The number of benzene rings is 3. The number of allylic oxidation sites excluding steroid dienone is 1. The van der Waals surface area contributed by atoms with Crippen LogP contribution in [0.2, 0.25) is 5.02 Å². The van der Waals surface area contributed by atoms with Crippen LogP contribution in [0.25, 0.3) is 6.08 Å². The maximum Gasteiger partial charge on any atom is 0.232 e. The van der Waals surface area contributed by atoms with E-state index in [-0.39, 0.29) is 5.78 Å². The molecule has 140 valence electrons. The van der Waals surface area contributed by atoms with Crippen molar-refractivity contribution in [3.63, 3.8) is 0 Å². The van der Waals surface area contributed by atoms with Gasteiger partial charge in [0.1, 0.15) is 18.1 Å². The smallest absolute Gasteiger partial charge is 0.232 e. The number of aryl methyl sites for hydroxylation is 1. The van der Waals surface area contributed by atoms with E-state index in [0.29, 0.717) is 34.5 Å². The van der Waals surface area contributed by atoms with Crippen LogP contribution in [-0.2, 0) is 6.61 Å². The van der Waals surface area contributed by atoms with Crippen LogP contribution in [0.1, 0.15) is 27.0 Å². The van der Waals surface area contributed by atoms with Crippen LogP contribution in [-0.4, -0.2) is 5.78 Å². The van der Waals surface area contributed by atoms with E-state index in [1.165, 1.54) is 0 Å². The number of ether oxygens (including phenoxy) is 2. The molecule has 3 nitrogen and oxygen atoms in total. The lowest BCUT2D eigenvalue weighted by Crippen LogP contribution is -2.00. The number of hydrogen-bond donors (Lipinski definition) is 0. The molecule has 0 amide bonds. The monoisotopic (exact) mass is 454 g/mol. The van der Waals surface area contributed by atoms with Gasteiger partial charge in [-0.3, -0.25) is 4.79 Å². The van der Waals surface area contributed by atoms with E-state index in [9.17, 15) is 4.79 Å². The third-order valence-corrected chi connectivity index (χ3v) is 5.17. The van der Waals surface area contributed by atoms with Gasteiger partial charge in [-0.05, 0) is 60.0 Å². The largest absolute Gasteiger partial charge is 0.489 e. The number of fused-ring (bicyclic) bond motifs is 1. The van der Waals surface area contributed by atoms with Gasteiger partial charge in [-0.15, -0.1) is 0 Å². The Morgan fingerprint density at radius 1 is 1.11 bits per heavy atom. The quantitative estimate of drug-likeness (QED) is 0.415. The predicted octanol–water partition coefficient (Wildman–Crippen LogP) is 6.61. The maximum absolute atomic E-state index is 12.8. The third kappa shape index (κ3) is 3.98. The summed E-state index contributed by atoms with van der Waals surface area (Å²) in [6.07, 6.45) is 1.75. The molecule has 5 heteroatoms. The second-order valence-corrected chi connectivity index (χ2v) is 7.88. The van der Waals surface area contributed by atoms with Crippen molar-refractivity contribution < 1.29 is 14.3 Å². The Bertz CT molecular complexity index is 1090. The number of carbonyl (C=O) groups excluding carboxylic acids is 1. The molecule has 4 rings (SSSR count). The second kappa shape index (κ2) is 7.82. The highest BCUT2D eigenvalue weighted by atomic mass is 79.9. The van der Waals surface area contributed by atoms with Gasteiger partial charge in [0.15, 0.2) is 5.76 Å². The fourth-order valence-corrected chi connectivity index (χ4v) is 3.54. The van der Waals surface area contributed by atoms with Crippen LogP contribution in [0, 0.1) is 6.92 Å². The van der Waals surface area contributed by atoms with E-state index >= 15 is 0 Å². The molecule has 0 N–H and O–H groups in total. The standard InChI is InChI=1S/C23H16BrClO3/c1-14-9-19(27-13-16-3-2-4-18(25)10-16)12-20-22(14)23(26)21(28-20)11-15-5-7-17(24)8-6-15/h2-12H,13H2,1H3/b21-11-. The molecular formula is C23H16BrClO3. The van der Waals surface area contributed by atoms with Gasteiger partial charge >= 0.3 is 0 Å². The molecule has 0 unspecified atom stereocenters. The fraction of sp³-hybridized carbons (Fsp3) is 0.0870. The maximum atomic E-state index is 12.8. The summed E-state index contributed by atoms with van der Waals surface area (Å²) in [6, 6.07) is 18.8. The minimum absolute atomic E-state index is 0.114. The zero-order valence-corrected chi connectivity index (χ0v) is 17.4. The van der Waals surface area contributed by atoms with Gasteiger partial charge in [-0.1, -0.05) is 51.8 Å². The molecule has 0 atom stereocenters. The van der Waals surface area contributed by atoms with Crippen LogP contribution in [0.5, 0.6) is 11.5 Å². The minimum Gasteiger partial charge on any atom is -0.489 e. The van der Waals surface area contributed by atoms with Crippen LogP contribution in [0.3, 0.4) is 0 Å². The normalized spacial score (nSPS) is 14.1. The molecule has 0 aromatic heterocycles. The molecular weight excluding hydrogens is 440 g/mol. The summed E-state index contributed by atoms with van der Waals surface area (Å²) < 4.78 is 12.7. The van der Waals surface area contributed by atoms with Crippen molar-refractivity contribution in [2.45, 2.75) is 13.5 Å². The Morgan fingerprint density at radius 2 is 1.89 bits per heavy atom. The summed E-state index contributed by atoms with van der Waals surface area (Å²) >= 11 is 9.42. The first-order chi connectivity index (χ1) is 13.5. The van der Waals surface area contributed by atoms with Crippen molar-refractivity contribution in [2.24, 2.45) is 0 Å². The van der Waals surface area contributed by atoms with Crippen molar-refractivity contribution in [2.75, 3.05) is 0 Å². The number of carbonyl (C=O) groups is 1. The summed E-state index contributed by atoms with van der Waals surface area (Å²) in [4.78, 5) is 12.8. The van der Waals surface area contributed by atoms with Gasteiger partial charge in [0.05, 0.1) is 5.56 Å². The average molecular weight is 456 g/mol. The summed E-state index contributed by atoms with van der Waals surface area (Å²) in [5, 5.41) is 0.669. The molecule has 1 aliphatic rings. The summed E-state index contributed by atoms with van der Waals surface area (Å²) in [5.74, 6) is 1.37. The number of Topliss-reactive ketones (excluding diaryl/α,β-unsaturated/α-hetero) is 1. The Kier molecular flexibility index (Phi) is 5.25. The van der Waals surface area contributed by atoms with E-state index in [1.54, 1.807) is 12.1 Å². The lowest BCUT2D eigenvalue weighted by atomic mass is 10.0. The van der Waals surface area contributed by atoms with Gasteiger partial charge in [0.25, 0.3) is 0 Å². The number of rotatable bonds is 4. The van der Waals surface area contributed by atoms with Gasteiger partial charge in [-0.2, -0.15) is 0 Å². The average Bonchev–Trinajstić information content (AvgIpc) is 2.98. The first-order valence-corrected chi connectivity index (χ1v) is 9.88. The Morgan fingerprint density at radius 3 is 2.64 bits per heavy atom. The van der Waals surface area contributed by atoms with Crippen molar-refractivity contribution in [3.05, 3.63) is 98.2 Å². The molecule has 0 radical (unpaired) electrons.